The molecule has 1 atom stereocenters. The molecule has 0 fully saturated rings. The van der Waals surface area contributed by atoms with E-state index in [0.29, 0.717) is 6.04 Å². The summed E-state index contributed by atoms with van der Waals surface area (Å²) in [5, 5.41) is 4.64. The first kappa shape index (κ1) is 12.2. The van der Waals surface area contributed by atoms with Crippen molar-refractivity contribution in [2.24, 2.45) is 0 Å². The Bertz CT molecular complexity index is 487. The van der Waals surface area contributed by atoms with Crippen LogP contribution in [0.25, 0.3) is 11.0 Å². The minimum absolute atomic E-state index is 0.551. The van der Waals surface area contributed by atoms with Gasteiger partial charge in [-0.3, -0.25) is 0 Å². The standard InChI is InChI=1S/C15H21NO/c1-4-16-12(3)6-7-14-10-13-9-11(2)5-8-15(13)17-14/h5,8-10,12,16H,4,6-7H2,1-3H3. The van der Waals surface area contributed by atoms with Crippen LogP contribution < -0.4 is 5.32 Å². The van der Waals surface area contributed by atoms with Crippen molar-refractivity contribution in [3.05, 3.63) is 35.6 Å². The Labute approximate surface area is 103 Å². The van der Waals surface area contributed by atoms with Crippen molar-refractivity contribution in [2.75, 3.05) is 6.54 Å². The second-order valence-corrected chi connectivity index (χ2v) is 4.75. The molecule has 0 spiro atoms. The van der Waals surface area contributed by atoms with Gasteiger partial charge in [-0.15, -0.1) is 0 Å². The normalized spacial score (nSPS) is 13.1. The summed E-state index contributed by atoms with van der Waals surface area (Å²) in [7, 11) is 0. The van der Waals surface area contributed by atoms with E-state index in [1.54, 1.807) is 0 Å². The zero-order valence-corrected chi connectivity index (χ0v) is 10.9. The van der Waals surface area contributed by atoms with E-state index in [-0.39, 0.29) is 0 Å². The molecule has 0 amide bonds. The smallest absolute Gasteiger partial charge is 0.134 e. The number of benzene rings is 1. The first-order valence-electron chi connectivity index (χ1n) is 6.41. The Morgan fingerprint density at radius 3 is 2.88 bits per heavy atom. The maximum Gasteiger partial charge on any atom is 0.134 e. The fourth-order valence-electron chi connectivity index (χ4n) is 2.15. The van der Waals surface area contributed by atoms with Gasteiger partial charge in [0.2, 0.25) is 0 Å². The summed E-state index contributed by atoms with van der Waals surface area (Å²) in [5.41, 5.74) is 2.28. The highest BCUT2D eigenvalue weighted by Crippen LogP contribution is 2.21. The molecule has 92 valence electrons. The van der Waals surface area contributed by atoms with Gasteiger partial charge in [0.05, 0.1) is 0 Å². The quantitative estimate of drug-likeness (QED) is 0.849. The summed E-state index contributed by atoms with van der Waals surface area (Å²) in [6.07, 6.45) is 2.12. The number of hydrogen-bond donors (Lipinski definition) is 1. The first-order chi connectivity index (χ1) is 8.19. The number of rotatable bonds is 5. The predicted octanol–water partition coefficient (Wildman–Crippen LogP) is 3.67. The summed E-state index contributed by atoms with van der Waals surface area (Å²) in [6.45, 7) is 7.50. The maximum absolute atomic E-state index is 5.82. The van der Waals surface area contributed by atoms with Gasteiger partial charge >= 0.3 is 0 Å². The molecule has 0 aliphatic heterocycles. The van der Waals surface area contributed by atoms with Crippen molar-refractivity contribution < 1.29 is 4.42 Å². The number of furan rings is 1. The summed E-state index contributed by atoms with van der Waals surface area (Å²) in [4.78, 5) is 0. The van der Waals surface area contributed by atoms with Crippen LogP contribution in [-0.4, -0.2) is 12.6 Å². The third-order valence-corrected chi connectivity index (χ3v) is 3.10. The molecule has 2 aromatic rings. The van der Waals surface area contributed by atoms with Crippen LogP contribution in [0.3, 0.4) is 0 Å². The largest absolute Gasteiger partial charge is 0.461 e. The Morgan fingerprint density at radius 1 is 1.29 bits per heavy atom. The van der Waals surface area contributed by atoms with Gasteiger partial charge in [-0.1, -0.05) is 18.6 Å². The molecule has 0 aliphatic rings. The van der Waals surface area contributed by atoms with Gasteiger partial charge < -0.3 is 9.73 Å². The zero-order chi connectivity index (χ0) is 12.3. The van der Waals surface area contributed by atoms with E-state index < -0.39 is 0 Å². The second kappa shape index (κ2) is 5.37. The fourth-order valence-corrected chi connectivity index (χ4v) is 2.15. The van der Waals surface area contributed by atoms with Crippen LogP contribution in [0.1, 0.15) is 31.6 Å². The summed E-state index contributed by atoms with van der Waals surface area (Å²) < 4.78 is 5.82. The Balaban J connectivity index is 2.04. The van der Waals surface area contributed by atoms with Crippen LogP contribution in [0.2, 0.25) is 0 Å². The third kappa shape index (κ3) is 3.10. The molecule has 1 aromatic carbocycles. The molecule has 1 unspecified atom stereocenters. The molecule has 0 bridgehead atoms. The topological polar surface area (TPSA) is 25.2 Å². The average Bonchev–Trinajstić information content (AvgIpc) is 2.68. The molecular weight excluding hydrogens is 210 g/mol. The lowest BCUT2D eigenvalue weighted by atomic mass is 10.1. The van der Waals surface area contributed by atoms with E-state index in [4.69, 9.17) is 4.42 Å². The fraction of sp³-hybridized carbons (Fsp3) is 0.467. The van der Waals surface area contributed by atoms with Crippen LogP contribution in [0, 0.1) is 6.92 Å². The van der Waals surface area contributed by atoms with Crippen molar-refractivity contribution in [1.29, 1.82) is 0 Å². The van der Waals surface area contributed by atoms with E-state index >= 15 is 0 Å². The van der Waals surface area contributed by atoms with Crippen LogP contribution in [0.15, 0.2) is 28.7 Å². The van der Waals surface area contributed by atoms with E-state index in [9.17, 15) is 0 Å². The lowest BCUT2D eigenvalue weighted by Crippen LogP contribution is -2.25. The highest BCUT2D eigenvalue weighted by molar-refractivity contribution is 5.78. The lowest BCUT2D eigenvalue weighted by Gasteiger charge is -2.10. The highest BCUT2D eigenvalue weighted by atomic mass is 16.3. The van der Waals surface area contributed by atoms with Gasteiger partial charge in [0.1, 0.15) is 11.3 Å². The van der Waals surface area contributed by atoms with Crippen molar-refractivity contribution in [2.45, 2.75) is 39.7 Å². The SMILES string of the molecule is CCNC(C)CCc1cc2cc(C)ccc2o1. The van der Waals surface area contributed by atoms with E-state index in [1.165, 1.54) is 10.9 Å². The second-order valence-electron chi connectivity index (χ2n) is 4.75. The van der Waals surface area contributed by atoms with Crippen LogP contribution in [0.5, 0.6) is 0 Å². The molecular formula is C15H21NO. The number of nitrogens with one attached hydrogen (secondary N) is 1. The van der Waals surface area contributed by atoms with Crippen LogP contribution in [-0.2, 0) is 6.42 Å². The highest BCUT2D eigenvalue weighted by Gasteiger charge is 2.06. The monoisotopic (exact) mass is 231 g/mol. The van der Waals surface area contributed by atoms with Gasteiger partial charge in [-0.25, -0.2) is 0 Å². The van der Waals surface area contributed by atoms with E-state index in [2.05, 4.69) is 50.4 Å². The van der Waals surface area contributed by atoms with Crippen molar-refractivity contribution in [3.63, 3.8) is 0 Å². The molecule has 0 saturated heterocycles. The number of hydrogen-bond acceptors (Lipinski definition) is 2. The number of aryl methyl sites for hydroxylation is 2. The van der Waals surface area contributed by atoms with Crippen molar-refractivity contribution in [3.8, 4) is 0 Å². The average molecular weight is 231 g/mol. The van der Waals surface area contributed by atoms with Crippen LogP contribution >= 0.6 is 0 Å². The molecule has 2 rings (SSSR count). The van der Waals surface area contributed by atoms with Gasteiger partial charge in [0, 0.05) is 17.8 Å². The zero-order valence-electron chi connectivity index (χ0n) is 10.9. The maximum atomic E-state index is 5.82. The predicted molar refractivity (Wildman–Crippen MR) is 72.4 cm³/mol. The molecule has 0 saturated carbocycles. The molecule has 0 aliphatic carbocycles. The first-order valence-corrected chi connectivity index (χ1v) is 6.41. The Morgan fingerprint density at radius 2 is 2.12 bits per heavy atom. The van der Waals surface area contributed by atoms with Crippen molar-refractivity contribution in [1.82, 2.24) is 5.32 Å². The van der Waals surface area contributed by atoms with E-state index in [0.717, 1.165) is 30.7 Å². The summed E-state index contributed by atoms with van der Waals surface area (Å²) in [5.74, 6) is 1.09. The molecule has 17 heavy (non-hydrogen) atoms. The summed E-state index contributed by atoms with van der Waals surface area (Å²) in [6, 6.07) is 9.05. The van der Waals surface area contributed by atoms with Gasteiger partial charge in [0.25, 0.3) is 0 Å². The van der Waals surface area contributed by atoms with Crippen molar-refractivity contribution >= 4 is 11.0 Å². The van der Waals surface area contributed by atoms with Gasteiger partial charge in [0.15, 0.2) is 0 Å². The molecule has 0 radical (unpaired) electrons. The Hall–Kier alpha value is -1.28. The van der Waals surface area contributed by atoms with Gasteiger partial charge in [-0.05, 0) is 45.0 Å². The molecule has 1 heterocycles. The molecule has 2 heteroatoms. The van der Waals surface area contributed by atoms with Crippen LogP contribution in [0.4, 0.5) is 0 Å². The lowest BCUT2D eigenvalue weighted by molar-refractivity contribution is 0.483. The van der Waals surface area contributed by atoms with E-state index in [1.807, 2.05) is 0 Å². The minimum Gasteiger partial charge on any atom is -0.461 e. The minimum atomic E-state index is 0.551. The van der Waals surface area contributed by atoms with Gasteiger partial charge in [-0.2, -0.15) is 0 Å². The summed E-state index contributed by atoms with van der Waals surface area (Å²) >= 11 is 0. The molecule has 1 aromatic heterocycles. The molecule has 2 nitrogen and oxygen atoms in total. The molecule has 1 N–H and O–H groups in total. The Kier molecular flexibility index (Phi) is 3.85. The number of fused-ring (bicyclic) bond motifs is 1. The third-order valence-electron chi connectivity index (χ3n) is 3.10.